The van der Waals surface area contributed by atoms with E-state index in [0.717, 1.165) is 41.7 Å². The van der Waals surface area contributed by atoms with Gasteiger partial charge >= 0.3 is 0 Å². The number of carbonyl (C=O) groups is 1. The van der Waals surface area contributed by atoms with E-state index in [1.807, 2.05) is 50.2 Å². The summed E-state index contributed by atoms with van der Waals surface area (Å²) in [5.41, 5.74) is 3.39. The average Bonchev–Trinajstić information content (AvgIpc) is 2.79. The normalized spacial score (nSPS) is 14.8. The predicted molar refractivity (Wildman–Crippen MR) is 124 cm³/mol. The number of amides is 1. The van der Waals surface area contributed by atoms with Crippen molar-refractivity contribution in [1.82, 2.24) is 5.32 Å². The Labute approximate surface area is 185 Å². The number of carbonyl (C=O) groups excluding carboxylic acids is 1. The maximum Gasteiger partial charge on any atom is 0.241 e. The van der Waals surface area contributed by atoms with Gasteiger partial charge in [0.2, 0.25) is 15.9 Å². The van der Waals surface area contributed by atoms with Gasteiger partial charge in [-0.2, -0.15) is 0 Å². The standard InChI is InChI=1S/C24H32N2O4S/c1-18-8-7-11-23(19(18)2)26(31(28,29)22-9-5-4-6-10-22)17-24(27)25-16-20-12-14-21(30-3)15-13-20/h7-8,11-15,22H,4-6,9-10,16-17H2,1-3H3,(H,25,27). The van der Waals surface area contributed by atoms with E-state index in [4.69, 9.17) is 4.74 Å². The number of nitrogens with one attached hydrogen (secondary N) is 1. The first kappa shape index (κ1) is 23.1. The predicted octanol–water partition coefficient (Wildman–Crippen LogP) is 4.10. The molecule has 0 bridgehead atoms. The third-order valence-electron chi connectivity index (χ3n) is 6.06. The van der Waals surface area contributed by atoms with Crippen LogP contribution in [-0.2, 0) is 21.4 Å². The summed E-state index contributed by atoms with van der Waals surface area (Å²) in [6.07, 6.45) is 4.19. The summed E-state index contributed by atoms with van der Waals surface area (Å²) in [5.74, 6) is 0.422. The van der Waals surface area contributed by atoms with Crippen molar-refractivity contribution < 1.29 is 17.9 Å². The number of anilines is 1. The Bertz CT molecular complexity index is 997. The number of sulfonamides is 1. The zero-order valence-electron chi connectivity index (χ0n) is 18.6. The van der Waals surface area contributed by atoms with Crippen molar-refractivity contribution in [2.75, 3.05) is 18.0 Å². The Hall–Kier alpha value is -2.54. The summed E-state index contributed by atoms with van der Waals surface area (Å²) in [7, 11) is -2.04. The van der Waals surface area contributed by atoms with E-state index in [1.165, 1.54) is 4.31 Å². The van der Waals surface area contributed by atoms with E-state index in [-0.39, 0.29) is 12.5 Å². The lowest BCUT2D eigenvalue weighted by Gasteiger charge is -2.32. The molecule has 1 aliphatic carbocycles. The molecule has 0 radical (unpaired) electrons. The van der Waals surface area contributed by atoms with Crippen molar-refractivity contribution in [2.24, 2.45) is 0 Å². The fourth-order valence-corrected chi connectivity index (χ4v) is 6.05. The van der Waals surface area contributed by atoms with E-state index >= 15 is 0 Å². The van der Waals surface area contributed by atoms with Gasteiger partial charge in [0.05, 0.1) is 18.0 Å². The van der Waals surface area contributed by atoms with Crippen molar-refractivity contribution >= 4 is 21.6 Å². The molecule has 0 heterocycles. The van der Waals surface area contributed by atoms with Crippen LogP contribution in [0.15, 0.2) is 42.5 Å². The second-order valence-corrected chi connectivity index (χ2v) is 10.3. The van der Waals surface area contributed by atoms with Crippen molar-refractivity contribution in [2.45, 2.75) is 57.7 Å². The van der Waals surface area contributed by atoms with Gasteiger partial charge < -0.3 is 10.1 Å². The maximum atomic E-state index is 13.6. The first-order valence-electron chi connectivity index (χ1n) is 10.8. The van der Waals surface area contributed by atoms with Crippen LogP contribution in [0.1, 0.15) is 48.8 Å². The molecule has 0 atom stereocenters. The number of ether oxygens (including phenoxy) is 1. The molecule has 2 aromatic rings. The summed E-state index contributed by atoms with van der Waals surface area (Å²) in [5, 5.41) is 2.43. The summed E-state index contributed by atoms with van der Waals surface area (Å²) in [6, 6.07) is 13.0. The molecule has 31 heavy (non-hydrogen) atoms. The van der Waals surface area contributed by atoms with Gasteiger partial charge in [-0.15, -0.1) is 0 Å². The zero-order chi connectivity index (χ0) is 22.4. The summed E-state index contributed by atoms with van der Waals surface area (Å²) < 4.78 is 33.6. The van der Waals surface area contributed by atoms with E-state index in [1.54, 1.807) is 13.2 Å². The number of hydrogen-bond acceptors (Lipinski definition) is 4. The molecule has 3 rings (SSSR count). The summed E-state index contributed by atoms with van der Waals surface area (Å²) in [6.45, 7) is 3.96. The molecular formula is C24H32N2O4S. The molecule has 1 aliphatic rings. The van der Waals surface area contributed by atoms with Gasteiger partial charge in [0.25, 0.3) is 0 Å². The average molecular weight is 445 g/mol. The SMILES string of the molecule is COc1ccc(CNC(=O)CN(c2cccc(C)c2C)S(=O)(=O)C2CCCCC2)cc1. The van der Waals surface area contributed by atoms with E-state index in [9.17, 15) is 13.2 Å². The monoisotopic (exact) mass is 444 g/mol. The maximum absolute atomic E-state index is 13.6. The van der Waals surface area contributed by atoms with Crippen LogP contribution in [0.3, 0.4) is 0 Å². The molecule has 0 saturated heterocycles. The number of rotatable bonds is 8. The van der Waals surface area contributed by atoms with Gasteiger partial charge in [-0.05, 0) is 61.6 Å². The minimum absolute atomic E-state index is 0.223. The fraction of sp³-hybridized carbons (Fsp3) is 0.458. The molecular weight excluding hydrogens is 412 g/mol. The quantitative estimate of drug-likeness (QED) is 0.665. The van der Waals surface area contributed by atoms with Crippen molar-refractivity contribution in [3.8, 4) is 5.75 Å². The van der Waals surface area contributed by atoms with Gasteiger partial charge in [-0.1, -0.05) is 43.5 Å². The Balaban J connectivity index is 1.80. The molecule has 168 valence electrons. The van der Waals surface area contributed by atoms with E-state index in [2.05, 4.69) is 5.32 Å². The highest BCUT2D eigenvalue weighted by atomic mass is 32.2. The van der Waals surface area contributed by atoms with Crippen LogP contribution in [0, 0.1) is 13.8 Å². The molecule has 0 aliphatic heterocycles. The van der Waals surface area contributed by atoms with Gasteiger partial charge in [-0.25, -0.2) is 8.42 Å². The molecule has 1 N–H and O–H groups in total. The molecule has 0 spiro atoms. The van der Waals surface area contributed by atoms with Crippen LogP contribution in [0.25, 0.3) is 0 Å². The van der Waals surface area contributed by atoms with Crippen LogP contribution in [0.4, 0.5) is 5.69 Å². The third-order valence-corrected chi connectivity index (χ3v) is 8.32. The summed E-state index contributed by atoms with van der Waals surface area (Å²) >= 11 is 0. The van der Waals surface area contributed by atoms with Crippen LogP contribution < -0.4 is 14.4 Å². The van der Waals surface area contributed by atoms with Crippen molar-refractivity contribution in [3.63, 3.8) is 0 Å². The molecule has 1 fully saturated rings. The first-order valence-corrected chi connectivity index (χ1v) is 12.3. The Morgan fingerprint density at radius 2 is 1.74 bits per heavy atom. The van der Waals surface area contributed by atoms with Crippen LogP contribution in [0.2, 0.25) is 0 Å². The number of aryl methyl sites for hydroxylation is 1. The molecule has 2 aromatic carbocycles. The zero-order valence-corrected chi connectivity index (χ0v) is 19.4. The fourth-order valence-electron chi connectivity index (χ4n) is 3.99. The molecule has 0 aromatic heterocycles. The Morgan fingerprint density at radius 3 is 2.39 bits per heavy atom. The number of benzene rings is 2. The number of methoxy groups -OCH3 is 1. The van der Waals surface area contributed by atoms with E-state index in [0.29, 0.717) is 25.1 Å². The largest absolute Gasteiger partial charge is 0.497 e. The van der Waals surface area contributed by atoms with Gasteiger partial charge in [0.15, 0.2) is 0 Å². The highest BCUT2D eigenvalue weighted by Gasteiger charge is 2.35. The molecule has 1 amide bonds. The number of hydrogen-bond donors (Lipinski definition) is 1. The molecule has 0 unspecified atom stereocenters. The van der Waals surface area contributed by atoms with Gasteiger partial charge in [0, 0.05) is 6.54 Å². The first-order chi connectivity index (χ1) is 14.8. The lowest BCUT2D eigenvalue weighted by Crippen LogP contribution is -2.45. The molecule has 1 saturated carbocycles. The topological polar surface area (TPSA) is 75.7 Å². The number of nitrogens with zero attached hydrogens (tertiary/aromatic N) is 1. The third kappa shape index (κ3) is 5.58. The molecule has 6 nitrogen and oxygen atoms in total. The van der Waals surface area contributed by atoms with Crippen LogP contribution >= 0.6 is 0 Å². The smallest absolute Gasteiger partial charge is 0.241 e. The second-order valence-electron chi connectivity index (χ2n) is 8.16. The highest BCUT2D eigenvalue weighted by molar-refractivity contribution is 7.93. The van der Waals surface area contributed by atoms with Crippen molar-refractivity contribution in [3.05, 3.63) is 59.2 Å². The second kappa shape index (κ2) is 10.2. The minimum Gasteiger partial charge on any atom is -0.497 e. The van der Waals surface area contributed by atoms with Gasteiger partial charge in [-0.3, -0.25) is 9.10 Å². The minimum atomic E-state index is -3.65. The highest BCUT2D eigenvalue weighted by Crippen LogP contribution is 2.31. The lowest BCUT2D eigenvalue weighted by molar-refractivity contribution is -0.119. The van der Waals surface area contributed by atoms with Crippen LogP contribution in [0.5, 0.6) is 5.75 Å². The van der Waals surface area contributed by atoms with E-state index < -0.39 is 15.3 Å². The lowest BCUT2D eigenvalue weighted by atomic mass is 10.0. The van der Waals surface area contributed by atoms with Gasteiger partial charge in [0.1, 0.15) is 12.3 Å². The Morgan fingerprint density at radius 1 is 1.06 bits per heavy atom. The Kier molecular flexibility index (Phi) is 7.59. The summed E-state index contributed by atoms with van der Waals surface area (Å²) in [4.78, 5) is 12.8. The van der Waals surface area contributed by atoms with Crippen molar-refractivity contribution in [1.29, 1.82) is 0 Å². The molecule has 7 heteroatoms. The van der Waals surface area contributed by atoms with Crippen LogP contribution in [-0.4, -0.2) is 33.2 Å².